The highest BCUT2D eigenvalue weighted by Gasteiger charge is 2.44. The van der Waals surface area contributed by atoms with Gasteiger partial charge < -0.3 is 10.1 Å². The van der Waals surface area contributed by atoms with Crippen molar-refractivity contribution >= 4 is 39.3 Å². The first-order valence-electron chi connectivity index (χ1n) is 9.97. The lowest BCUT2D eigenvalue weighted by atomic mass is 9.96. The van der Waals surface area contributed by atoms with Gasteiger partial charge in [-0.25, -0.2) is 8.42 Å². The van der Waals surface area contributed by atoms with Crippen molar-refractivity contribution in [2.24, 2.45) is 0 Å². The molecule has 0 aromatic heterocycles. The van der Waals surface area contributed by atoms with E-state index in [0.717, 1.165) is 36.2 Å². The second kappa shape index (κ2) is 10.3. The van der Waals surface area contributed by atoms with Crippen molar-refractivity contribution in [3.63, 3.8) is 0 Å². The van der Waals surface area contributed by atoms with Crippen LogP contribution in [0.3, 0.4) is 0 Å². The molecule has 0 heterocycles. The molecule has 12 heteroatoms. The molecule has 0 atom stereocenters. The molecule has 1 aliphatic carbocycles. The Balaban J connectivity index is 1.47. The number of nitro benzene ring substituents is 1. The van der Waals surface area contributed by atoms with E-state index < -0.39 is 40.0 Å². The molecule has 33 heavy (non-hydrogen) atoms. The fourth-order valence-corrected chi connectivity index (χ4v) is 4.78. The van der Waals surface area contributed by atoms with Gasteiger partial charge in [-0.3, -0.25) is 19.7 Å². The van der Waals surface area contributed by atoms with Crippen LogP contribution >= 0.6 is 11.8 Å². The molecule has 0 unspecified atom stereocenters. The molecule has 1 aliphatic rings. The molecular weight excluding hydrogens is 470 g/mol. The first-order valence-corrected chi connectivity index (χ1v) is 12.7. The summed E-state index contributed by atoms with van der Waals surface area (Å²) in [5.41, 5.74) is 0.696. The number of nitrogens with one attached hydrogen (secondary N) is 2. The topological polar surface area (TPSA) is 145 Å². The number of sulfonamides is 1. The number of carbonyl (C=O) groups is 2. The summed E-state index contributed by atoms with van der Waals surface area (Å²) < 4.78 is 31.6. The van der Waals surface area contributed by atoms with Crippen LogP contribution in [0.2, 0.25) is 0 Å². The predicted octanol–water partition coefficient (Wildman–Crippen LogP) is 1.99. The van der Waals surface area contributed by atoms with Crippen molar-refractivity contribution in [2.75, 3.05) is 26.0 Å². The average molecular weight is 494 g/mol. The van der Waals surface area contributed by atoms with Crippen molar-refractivity contribution < 1.29 is 27.7 Å². The summed E-state index contributed by atoms with van der Waals surface area (Å²) in [5.74, 6) is -1.44. The fourth-order valence-electron chi connectivity index (χ4n) is 3.24. The Morgan fingerprint density at radius 3 is 2.48 bits per heavy atom. The van der Waals surface area contributed by atoms with E-state index in [9.17, 15) is 28.1 Å². The molecule has 10 nitrogen and oxygen atoms in total. The maximum absolute atomic E-state index is 12.4. The van der Waals surface area contributed by atoms with Gasteiger partial charge in [0.15, 0.2) is 6.61 Å². The lowest BCUT2D eigenvalue weighted by Crippen LogP contribution is -2.37. The third kappa shape index (κ3) is 6.30. The van der Waals surface area contributed by atoms with Gasteiger partial charge in [0.2, 0.25) is 10.0 Å². The lowest BCUT2D eigenvalue weighted by molar-refractivity contribution is -0.388. The molecule has 1 amide bonds. The summed E-state index contributed by atoms with van der Waals surface area (Å²) in [4.78, 5) is 34.4. The van der Waals surface area contributed by atoms with Crippen LogP contribution in [0.25, 0.3) is 0 Å². The molecule has 176 valence electrons. The molecule has 3 rings (SSSR count). The summed E-state index contributed by atoms with van der Waals surface area (Å²) >= 11 is 1.11. The second-order valence-electron chi connectivity index (χ2n) is 7.50. The van der Waals surface area contributed by atoms with E-state index in [1.807, 2.05) is 35.1 Å². The van der Waals surface area contributed by atoms with E-state index in [1.165, 1.54) is 12.1 Å². The molecule has 0 spiro atoms. The number of carbonyl (C=O) groups excluding carboxylic acids is 2. The van der Waals surface area contributed by atoms with E-state index in [4.69, 9.17) is 4.74 Å². The van der Waals surface area contributed by atoms with Gasteiger partial charge in [0.25, 0.3) is 11.6 Å². The second-order valence-corrected chi connectivity index (χ2v) is 10.1. The van der Waals surface area contributed by atoms with E-state index in [0.29, 0.717) is 11.4 Å². The van der Waals surface area contributed by atoms with Gasteiger partial charge in [-0.05, 0) is 36.8 Å². The van der Waals surface area contributed by atoms with Crippen LogP contribution in [-0.2, 0) is 29.8 Å². The van der Waals surface area contributed by atoms with Gasteiger partial charge in [-0.15, -0.1) is 11.8 Å². The number of amides is 1. The normalized spacial score (nSPS) is 14.3. The van der Waals surface area contributed by atoms with Gasteiger partial charge in [-0.1, -0.05) is 30.3 Å². The minimum Gasteiger partial charge on any atom is -0.455 e. The Hall–Kier alpha value is -2.96. The Bertz CT molecular complexity index is 1150. The minimum absolute atomic E-state index is 0.0923. The summed E-state index contributed by atoms with van der Waals surface area (Å²) in [6, 6.07) is 13.3. The summed E-state index contributed by atoms with van der Waals surface area (Å²) in [6.45, 7) is -0.841. The number of thioether (sulfide) groups is 1. The number of rotatable bonds is 11. The Morgan fingerprint density at radius 2 is 1.88 bits per heavy atom. The van der Waals surface area contributed by atoms with Crippen molar-refractivity contribution in [3.05, 3.63) is 64.2 Å². The number of benzene rings is 2. The van der Waals surface area contributed by atoms with Crippen LogP contribution in [0.5, 0.6) is 0 Å². The molecule has 1 saturated carbocycles. The Kier molecular flexibility index (Phi) is 7.72. The van der Waals surface area contributed by atoms with Gasteiger partial charge in [0, 0.05) is 18.0 Å². The van der Waals surface area contributed by atoms with E-state index >= 15 is 0 Å². The van der Waals surface area contributed by atoms with E-state index in [-0.39, 0.29) is 16.0 Å². The smallest absolute Gasteiger partial charge is 0.321 e. The van der Waals surface area contributed by atoms with E-state index in [1.54, 1.807) is 6.26 Å². The molecule has 0 saturated heterocycles. The summed E-state index contributed by atoms with van der Waals surface area (Å²) in [7, 11) is -4.19. The quantitative estimate of drug-likeness (QED) is 0.209. The molecule has 0 aliphatic heterocycles. The van der Waals surface area contributed by atoms with Crippen LogP contribution in [0.4, 0.5) is 5.69 Å². The van der Waals surface area contributed by atoms with Crippen molar-refractivity contribution in [3.8, 4) is 0 Å². The van der Waals surface area contributed by atoms with E-state index in [2.05, 4.69) is 5.32 Å². The minimum atomic E-state index is -4.19. The zero-order valence-electron chi connectivity index (χ0n) is 17.8. The monoisotopic (exact) mass is 493 g/mol. The Morgan fingerprint density at radius 1 is 1.18 bits per heavy atom. The van der Waals surface area contributed by atoms with Crippen molar-refractivity contribution in [1.29, 1.82) is 0 Å². The number of hydrogen-bond acceptors (Lipinski definition) is 8. The molecule has 0 radical (unpaired) electrons. The number of nitro groups is 1. The highest BCUT2D eigenvalue weighted by molar-refractivity contribution is 7.98. The number of nitrogens with zero attached hydrogens (tertiary/aromatic N) is 1. The van der Waals surface area contributed by atoms with Crippen molar-refractivity contribution in [1.82, 2.24) is 10.0 Å². The van der Waals surface area contributed by atoms with Gasteiger partial charge in [0.1, 0.15) is 6.54 Å². The predicted molar refractivity (Wildman–Crippen MR) is 121 cm³/mol. The maximum Gasteiger partial charge on any atom is 0.321 e. The zero-order valence-corrected chi connectivity index (χ0v) is 19.4. The van der Waals surface area contributed by atoms with Crippen molar-refractivity contribution in [2.45, 2.75) is 28.0 Å². The van der Waals surface area contributed by atoms with Gasteiger partial charge >= 0.3 is 5.97 Å². The van der Waals surface area contributed by atoms with Crippen LogP contribution in [-0.4, -0.2) is 51.2 Å². The lowest BCUT2D eigenvalue weighted by Gasteiger charge is -2.16. The molecule has 2 N–H and O–H groups in total. The third-order valence-electron chi connectivity index (χ3n) is 5.29. The molecule has 0 bridgehead atoms. The number of ether oxygens (including phenoxy) is 1. The fraction of sp³-hybridized carbons (Fsp3) is 0.333. The Labute approximate surface area is 195 Å². The average Bonchev–Trinajstić information content (AvgIpc) is 3.61. The standard InChI is InChI=1S/C21H23N3O7S2/c1-32-18-8-7-16(11-17(18)24(27)28)33(29,30)23-12-20(26)31-13-19(25)22-14-21(9-10-21)15-5-3-2-4-6-15/h2-8,11,23H,9-10,12-14H2,1H3,(H,22,25). The third-order valence-corrected chi connectivity index (χ3v) is 7.48. The maximum atomic E-state index is 12.4. The largest absolute Gasteiger partial charge is 0.455 e. The highest BCUT2D eigenvalue weighted by Crippen LogP contribution is 2.47. The summed E-state index contributed by atoms with van der Waals surface area (Å²) in [6.07, 6.45) is 3.54. The van der Waals surface area contributed by atoms with Crippen LogP contribution in [0, 0.1) is 10.1 Å². The number of esters is 1. The first kappa shape index (κ1) is 24.7. The molecule has 2 aromatic carbocycles. The van der Waals surface area contributed by atoms with Crippen LogP contribution < -0.4 is 10.0 Å². The van der Waals surface area contributed by atoms with Gasteiger partial charge in [-0.2, -0.15) is 4.72 Å². The van der Waals surface area contributed by atoms with Crippen LogP contribution in [0.1, 0.15) is 18.4 Å². The number of hydrogen-bond donors (Lipinski definition) is 2. The molecular formula is C21H23N3O7S2. The van der Waals surface area contributed by atoms with Crippen LogP contribution in [0.15, 0.2) is 58.3 Å². The van der Waals surface area contributed by atoms with Gasteiger partial charge in [0.05, 0.1) is 14.7 Å². The first-order chi connectivity index (χ1) is 15.7. The summed E-state index contributed by atoms with van der Waals surface area (Å²) in [5, 5.41) is 13.9. The highest BCUT2D eigenvalue weighted by atomic mass is 32.2. The molecule has 1 fully saturated rings. The zero-order chi connectivity index (χ0) is 24.1. The SMILES string of the molecule is CSc1ccc(S(=O)(=O)NCC(=O)OCC(=O)NCC2(c3ccccc3)CC2)cc1[N+](=O)[O-]. The molecule has 2 aromatic rings.